The molecule has 2 aromatic rings. The molecular formula is C17H18O3. The molecule has 0 spiro atoms. The molecule has 0 heterocycles. The van der Waals surface area contributed by atoms with E-state index in [0.717, 1.165) is 29.5 Å². The molecule has 0 saturated heterocycles. The first-order valence-corrected chi connectivity index (χ1v) is 6.77. The highest BCUT2D eigenvalue weighted by Crippen LogP contribution is 2.32. The maximum absolute atomic E-state index is 10.8. The van der Waals surface area contributed by atoms with Crippen LogP contribution in [0, 0.1) is 0 Å². The van der Waals surface area contributed by atoms with Crippen molar-refractivity contribution in [3.8, 4) is 16.9 Å². The Hall–Kier alpha value is -2.29. The second kappa shape index (κ2) is 6.24. The predicted molar refractivity (Wildman–Crippen MR) is 79.3 cm³/mol. The first-order valence-electron chi connectivity index (χ1n) is 6.77. The van der Waals surface area contributed by atoms with Gasteiger partial charge in [-0.25, -0.2) is 4.79 Å². The fourth-order valence-corrected chi connectivity index (χ4v) is 2.16. The van der Waals surface area contributed by atoms with E-state index in [9.17, 15) is 4.79 Å². The Bertz CT molecular complexity index is 617. The van der Waals surface area contributed by atoms with E-state index < -0.39 is 6.16 Å². The third-order valence-corrected chi connectivity index (χ3v) is 3.30. The van der Waals surface area contributed by atoms with E-state index in [4.69, 9.17) is 9.84 Å². The average molecular weight is 270 g/mol. The molecule has 2 aromatic carbocycles. The third-order valence-electron chi connectivity index (χ3n) is 3.30. The first kappa shape index (κ1) is 14.1. The minimum atomic E-state index is -1.29. The maximum Gasteiger partial charge on any atom is 0.511 e. The molecule has 0 aliphatic carbocycles. The van der Waals surface area contributed by atoms with Gasteiger partial charge < -0.3 is 9.84 Å². The standard InChI is InChI=1S/C17H18O3/c1-3-12-6-5-7-14(10-12)15-11-13(4-2)8-9-16(15)20-17(18)19/h5-11H,3-4H2,1-2H3,(H,18,19). The quantitative estimate of drug-likeness (QED) is 0.655. The van der Waals surface area contributed by atoms with Crippen molar-refractivity contribution in [2.75, 3.05) is 0 Å². The summed E-state index contributed by atoms with van der Waals surface area (Å²) < 4.78 is 4.89. The van der Waals surface area contributed by atoms with Crippen LogP contribution in [0.25, 0.3) is 11.1 Å². The molecule has 0 amide bonds. The lowest BCUT2D eigenvalue weighted by Gasteiger charge is -2.11. The van der Waals surface area contributed by atoms with Crippen LogP contribution in [-0.2, 0) is 12.8 Å². The average Bonchev–Trinajstić information content (AvgIpc) is 2.47. The fraction of sp³-hybridized carbons (Fsp3) is 0.235. The number of ether oxygens (including phenoxy) is 1. The number of rotatable bonds is 4. The Kier molecular flexibility index (Phi) is 4.41. The van der Waals surface area contributed by atoms with Gasteiger partial charge in [0.1, 0.15) is 5.75 Å². The van der Waals surface area contributed by atoms with Crippen molar-refractivity contribution in [2.24, 2.45) is 0 Å². The Morgan fingerprint density at radius 2 is 1.75 bits per heavy atom. The molecule has 3 heteroatoms. The summed E-state index contributed by atoms with van der Waals surface area (Å²) in [6.45, 7) is 4.16. The minimum Gasteiger partial charge on any atom is -0.449 e. The molecule has 0 saturated carbocycles. The zero-order chi connectivity index (χ0) is 14.5. The molecule has 1 N–H and O–H groups in total. The van der Waals surface area contributed by atoms with E-state index in [1.807, 2.05) is 24.3 Å². The number of hydrogen-bond acceptors (Lipinski definition) is 2. The molecule has 0 aromatic heterocycles. The van der Waals surface area contributed by atoms with Gasteiger partial charge in [0.05, 0.1) is 0 Å². The van der Waals surface area contributed by atoms with Crippen LogP contribution in [0.4, 0.5) is 4.79 Å². The van der Waals surface area contributed by atoms with Gasteiger partial charge in [-0.2, -0.15) is 0 Å². The molecule has 20 heavy (non-hydrogen) atoms. The largest absolute Gasteiger partial charge is 0.511 e. The maximum atomic E-state index is 10.8. The zero-order valence-corrected chi connectivity index (χ0v) is 11.7. The first-order chi connectivity index (χ1) is 9.63. The van der Waals surface area contributed by atoms with Crippen molar-refractivity contribution < 1.29 is 14.6 Å². The monoisotopic (exact) mass is 270 g/mol. The highest BCUT2D eigenvalue weighted by molar-refractivity contribution is 5.75. The van der Waals surface area contributed by atoms with Gasteiger partial charge in [-0.05, 0) is 41.7 Å². The number of hydrogen-bond donors (Lipinski definition) is 1. The van der Waals surface area contributed by atoms with Crippen LogP contribution < -0.4 is 4.74 Å². The number of benzene rings is 2. The van der Waals surface area contributed by atoms with Crippen molar-refractivity contribution in [1.29, 1.82) is 0 Å². The lowest BCUT2D eigenvalue weighted by Crippen LogP contribution is -2.04. The lowest BCUT2D eigenvalue weighted by atomic mass is 9.98. The molecule has 0 radical (unpaired) electrons. The van der Waals surface area contributed by atoms with E-state index in [2.05, 4.69) is 26.0 Å². The highest BCUT2D eigenvalue weighted by Gasteiger charge is 2.11. The van der Waals surface area contributed by atoms with Gasteiger partial charge in [-0.1, -0.05) is 44.2 Å². The summed E-state index contributed by atoms with van der Waals surface area (Å²) >= 11 is 0. The van der Waals surface area contributed by atoms with Crippen LogP contribution in [0.15, 0.2) is 42.5 Å². The fourth-order valence-electron chi connectivity index (χ4n) is 2.16. The SMILES string of the molecule is CCc1cccc(-c2cc(CC)ccc2OC(=O)O)c1. The van der Waals surface area contributed by atoms with Crippen LogP contribution in [-0.4, -0.2) is 11.3 Å². The smallest absolute Gasteiger partial charge is 0.449 e. The number of aryl methyl sites for hydroxylation is 2. The summed E-state index contributed by atoms with van der Waals surface area (Å²) in [5, 5.41) is 8.84. The molecular weight excluding hydrogens is 252 g/mol. The number of carbonyl (C=O) groups is 1. The molecule has 3 nitrogen and oxygen atoms in total. The molecule has 0 fully saturated rings. The van der Waals surface area contributed by atoms with Crippen molar-refractivity contribution in [1.82, 2.24) is 0 Å². The number of carboxylic acid groups (broad SMARTS) is 1. The van der Waals surface area contributed by atoms with Crippen molar-refractivity contribution in [2.45, 2.75) is 26.7 Å². The molecule has 2 rings (SSSR count). The summed E-state index contributed by atoms with van der Waals surface area (Å²) in [5.41, 5.74) is 4.17. The van der Waals surface area contributed by atoms with Gasteiger partial charge in [-0.3, -0.25) is 0 Å². The zero-order valence-electron chi connectivity index (χ0n) is 11.7. The van der Waals surface area contributed by atoms with Gasteiger partial charge in [0.25, 0.3) is 0 Å². The van der Waals surface area contributed by atoms with Gasteiger partial charge in [0.2, 0.25) is 0 Å². The topological polar surface area (TPSA) is 46.5 Å². The van der Waals surface area contributed by atoms with Crippen LogP contribution in [0.5, 0.6) is 5.75 Å². The summed E-state index contributed by atoms with van der Waals surface area (Å²) in [5.74, 6) is 0.378. The Labute approximate surface area is 118 Å². The molecule has 0 bridgehead atoms. The molecule has 104 valence electrons. The summed E-state index contributed by atoms with van der Waals surface area (Å²) in [6.07, 6.45) is 0.548. The van der Waals surface area contributed by atoms with E-state index in [0.29, 0.717) is 5.75 Å². The third kappa shape index (κ3) is 3.18. The van der Waals surface area contributed by atoms with Crippen LogP contribution in [0.1, 0.15) is 25.0 Å². The second-order valence-corrected chi connectivity index (χ2v) is 4.61. The van der Waals surface area contributed by atoms with Crippen LogP contribution >= 0.6 is 0 Å². The van der Waals surface area contributed by atoms with Crippen molar-refractivity contribution in [3.05, 3.63) is 53.6 Å². The minimum absolute atomic E-state index is 0.378. The van der Waals surface area contributed by atoms with E-state index >= 15 is 0 Å². The Balaban J connectivity index is 2.53. The molecule has 0 atom stereocenters. The second-order valence-electron chi connectivity index (χ2n) is 4.61. The highest BCUT2D eigenvalue weighted by atomic mass is 16.7. The van der Waals surface area contributed by atoms with E-state index in [1.54, 1.807) is 6.07 Å². The lowest BCUT2D eigenvalue weighted by molar-refractivity contribution is 0.144. The molecule has 0 aliphatic rings. The van der Waals surface area contributed by atoms with Gasteiger partial charge >= 0.3 is 6.16 Å². The molecule has 0 aliphatic heterocycles. The summed E-state index contributed by atoms with van der Waals surface area (Å²) in [6, 6.07) is 13.7. The Morgan fingerprint density at radius 3 is 2.40 bits per heavy atom. The summed E-state index contributed by atoms with van der Waals surface area (Å²) in [4.78, 5) is 10.8. The van der Waals surface area contributed by atoms with Crippen molar-refractivity contribution >= 4 is 6.16 Å². The van der Waals surface area contributed by atoms with Crippen LogP contribution in [0.2, 0.25) is 0 Å². The summed E-state index contributed by atoms with van der Waals surface area (Å²) in [7, 11) is 0. The van der Waals surface area contributed by atoms with Gasteiger partial charge in [0, 0.05) is 5.56 Å². The van der Waals surface area contributed by atoms with E-state index in [-0.39, 0.29) is 0 Å². The van der Waals surface area contributed by atoms with Gasteiger partial charge in [0.15, 0.2) is 0 Å². The normalized spacial score (nSPS) is 10.3. The molecule has 0 unspecified atom stereocenters. The van der Waals surface area contributed by atoms with Crippen LogP contribution in [0.3, 0.4) is 0 Å². The predicted octanol–water partition coefficient (Wildman–Crippen LogP) is 4.54. The van der Waals surface area contributed by atoms with E-state index in [1.165, 1.54) is 5.56 Å². The Morgan fingerprint density at radius 1 is 1.05 bits per heavy atom. The van der Waals surface area contributed by atoms with Gasteiger partial charge in [-0.15, -0.1) is 0 Å². The van der Waals surface area contributed by atoms with Crippen molar-refractivity contribution in [3.63, 3.8) is 0 Å².